The van der Waals surface area contributed by atoms with Crippen LogP contribution in [0.5, 0.6) is 0 Å². The van der Waals surface area contributed by atoms with Crippen molar-refractivity contribution in [1.82, 2.24) is 0 Å². The summed E-state index contributed by atoms with van der Waals surface area (Å²) < 4.78 is 5.45. The quantitative estimate of drug-likeness (QED) is 0.813. The molecule has 0 saturated carbocycles. The first-order chi connectivity index (χ1) is 13.9. The number of anilines is 3. The minimum Gasteiger partial charge on any atom is -0.378 e. The molecule has 29 heavy (non-hydrogen) atoms. The maximum Gasteiger partial charge on any atom is 0.226 e. The highest BCUT2D eigenvalue weighted by Gasteiger charge is 2.21. The molecule has 2 aromatic rings. The van der Waals surface area contributed by atoms with Crippen molar-refractivity contribution < 1.29 is 14.3 Å². The number of nitrogens with zero attached hydrogens (tertiary/aromatic N) is 2. The minimum atomic E-state index is -0.106. The molecule has 0 atom stereocenters. The summed E-state index contributed by atoms with van der Waals surface area (Å²) in [4.78, 5) is 28.8. The SMILES string of the molecule is CC(=O)N(CCC(=O)Nc1cc(C)cc(C)c1)c1ccccc1N1CCOCC1. The molecule has 0 bridgehead atoms. The summed E-state index contributed by atoms with van der Waals surface area (Å²) in [5, 5.41) is 2.94. The molecule has 1 N–H and O–H groups in total. The first-order valence-electron chi connectivity index (χ1n) is 10.0. The number of para-hydroxylation sites is 2. The third-order valence-electron chi connectivity index (χ3n) is 4.97. The van der Waals surface area contributed by atoms with E-state index in [1.165, 1.54) is 6.92 Å². The van der Waals surface area contributed by atoms with Gasteiger partial charge in [-0.1, -0.05) is 18.2 Å². The molecule has 1 heterocycles. The number of ether oxygens (including phenoxy) is 1. The summed E-state index contributed by atoms with van der Waals surface area (Å²) in [6, 6.07) is 13.8. The predicted molar refractivity (Wildman–Crippen MR) is 117 cm³/mol. The van der Waals surface area contributed by atoms with E-state index in [4.69, 9.17) is 4.74 Å². The average molecular weight is 396 g/mol. The van der Waals surface area contributed by atoms with Crippen molar-refractivity contribution in [3.63, 3.8) is 0 Å². The van der Waals surface area contributed by atoms with E-state index in [-0.39, 0.29) is 18.2 Å². The monoisotopic (exact) mass is 395 g/mol. The Morgan fingerprint density at radius 1 is 1.07 bits per heavy atom. The Kier molecular flexibility index (Phi) is 6.88. The van der Waals surface area contributed by atoms with Gasteiger partial charge in [0.25, 0.3) is 0 Å². The molecule has 0 aromatic heterocycles. The van der Waals surface area contributed by atoms with Crippen LogP contribution in [0.1, 0.15) is 24.5 Å². The maximum atomic E-state index is 12.5. The summed E-state index contributed by atoms with van der Waals surface area (Å²) in [6.45, 7) is 8.79. The number of carbonyl (C=O) groups excluding carboxylic acids is 2. The molecular formula is C23H29N3O3. The third-order valence-corrected chi connectivity index (χ3v) is 4.97. The number of hydrogen-bond donors (Lipinski definition) is 1. The highest BCUT2D eigenvalue weighted by atomic mass is 16.5. The molecule has 1 aliphatic heterocycles. The maximum absolute atomic E-state index is 12.5. The Hall–Kier alpha value is -2.86. The Balaban J connectivity index is 1.71. The van der Waals surface area contributed by atoms with Gasteiger partial charge >= 0.3 is 0 Å². The Morgan fingerprint density at radius 3 is 2.38 bits per heavy atom. The second kappa shape index (κ2) is 9.56. The highest BCUT2D eigenvalue weighted by Crippen LogP contribution is 2.30. The van der Waals surface area contributed by atoms with Gasteiger partial charge in [-0.05, 0) is 49.2 Å². The van der Waals surface area contributed by atoms with E-state index in [1.807, 2.05) is 50.2 Å². The van der Waals surface area contributed by atoms with Crippen molar-refractivity contribution in [2.24, 2.45) is 0 Å². The van der Waals surface area contributed by atoms with Gasteiger partial charge in [0.15, 0.2) is 0 Å². The Labute approximate surface area is 172 Å². The summed E-state index contributed by atoms with van der Waals surface area (Å²) in [6.07, 6.45) is 0.226. The second-order valence-electron chi connectivity index (χ2n) is 7.43. The number of benzene rings is 2. The molecule has 3 rings (SSSR count). The molecule has 1 fully saturated rings. The van der Waals surface area contributed by atoms with Gasteiger partial charge in [0.1, 0.15) is 0 Å². The van der Waals surface area contributed by atoms with E-state index >= 15 is 0 Å². The fourth-order valence-electron chi connectivity index (χ4n) is 3.70. The van der Waals surface area contributed by atoms with E-state index in [0.717, 1.165) is 41.3 Å². The van der Waals surface area contributed by atoms with Gasteiger partial charge in [-0.3, -0.25) is 9.59 Å². The van der Waals surface area contributed by atoms with Crippen LogP contribution in [0.15, 0.2) is 42.5 Å². The van der Waals surface area contributed by atoms with Gasteiger partial charge in [-0.25, -0.2) is 0 Å². The number of aryl methyl sites for hydroxylation is 2. The standard InChI is InChI=1S/C23H29N3O3/c1-17-14-18(2)16-20(15-17)24-23(28)8-9-26(19(3)27)22-7-5-4-6-21(22)25-10-12-29-13-11-25/h4-7,14-16H,8-13H2,1-3H3,(H,24,28). The van der Waals surface area contributed by atoms with Crippen LogP contribution in [0.4, 0.5) is 17.1 Å². The number of morpholine rings is 1. The zero-order valence-electron chi connectivity index (χ0n) is 17.4. The van der Waals surface area contributed by atoms with E-state index in [2.05, 4.69) is 16.3 Å². The predicted octanol–water partition coefficient (Wildman–Crippen LogP) is 3.52. The third kappa shape index (κ3) is 5.57. The van der Waals surface area contributed by atoms with Crippen molar-refractivity contribution in [1.29, 1.82) is 0 Å². The molecule has 0 spiro atoms. The van der Waals surface area contributed by atoms with E-state index in [0.29, 0.717) is 19.8 Å². The van der Waals surface area contributed by atoms with E-state index < -0.39 is 0 Å². The van der Waals surface area contributed by atoms with Crippen LogP contribution in [-0.4, -0.2) is 44.7 Å². The molecule has 1 aliphatic rings. The largest absolute Gasteiger partial charge is 0.378 e. The van der Waals surface area contributed by atoms with Crippen molar-refractivity contribution in [2.45, 2.75) is 27.2 Å². The van der Waals surface area contributed by atoms with Gasteiger partial charge in [0, 0.05) is 38.7 Å². The topological polar surface area (TPSA) is 61.9 Å². The van der Waals surface area contributed by atoms with Crippen LogP contribution in [0.2, 0.25) is 0 Å². The summed E-state index contributed by atoms with van der Waals surface area (Å²) in [7, 11) is 0. The average Bonchev–Trinajstić information content (AvgIpc) is 2.68. The smallest absolute Gasteiger partial charge is 0.226 e. The fraction of sp³-hybridized carbons (Fsp3) is 0.391. The molecule has 6 heteroatoms. The van der Waals surface area contributed by atoms with Gasteiger partial charge in [0.05, 0.1) is 24.6 Å². The normalized spacial score (nSPS) is 13.8. The minimum absolute atomic E-state index is 0.0788. The van der Waals surface area contributed by atoms with Crippen LogP contribution in [0.25, 0.3) is 0 Å². The molecule has 2 aromatic carbocycles. The van der Waals surface area contributed by atoms with Crippen LogP contribution in [0, 0.1) is 13.8 Å². The number of nitrogens with one attached hydrogen (secondary N) is 1. The zero-order chi connectivity index (χ0) is 20.8. The number of hydrogen-bond acceptors (Lipinski definition) is 4. The van der Waals surface area contributed by atoms with E-state index in [9.17, 15) is 9.59 Å². The molecule has 6 nitrogen and oxygen atoms in total. The molecular weight excluding hydrogens is 366 g/mol. The Morgan fingerprint density at radius 2 is 1.72 bits per heavy atom. The summed E-state index contributed by atoms with van der Waals surface area (Å²) >= 11 is 0. The lowest BCUT2D eigenvalue weighted by molar-refractivity contribution is -0.117. The molecule has 2 amide bonds. The van der Waals surface area contributed by atoms with Crippen molar-refractivity contribution in [3.8, 4) is 0 Å². The number of rotatable bonds is 6. The van der Waals surface area contributed by atoms with Crippen LogP contribution < -0.4 is 15.1 Å². The van der Waals surface area contributed by atoms with Gasteiger partial charge in [0.2, 0.25) is 11.8 Å². The van der Waals surface area contributed by atoms with Gasteiger partial charge in [-0.2, -0.15) is 0 Å². The first kappa shape index (κ1) is 20.9. The molecule has 0 radical (unpaired) electrons. The van der Waals surface area contributed by atoms with Gasteiger partial charge < -0.3 is 19.9 Å². The summed E-state index contributed by atoms with van der Waals surface area (Å²) in [5.41, 5.74) is 4.83. The second-order valence-corrected chi connectivity index (χ2v) is 7.43. The van der Waals surface area contributed by atoms with Crippen LogP contribution in [-0.2, 0) is 14.3 Å². The van der Waals surface area contributed by atoms with Crippen molar-refractivity contribution >= 4 is 28.9 Å². The van der Waals surface area contributed by atoms with Crippen LogP contribution in [0.3, 0.4) is 0 Å². The molecule has 0 unspecified atom stereocenters. The molecule has 1 saturated heterocycles. The van der Waals surface area contributed by atoms with E-state index in [1.54, 1.807) is 4.90 Å². The van der Waals surface area contributed by atoms with Crippen molar-refractivity contribution in [3.05, 3.63) is 53.6 Å². The zero-order valence-corrected chi connectivity index (χ0v) is 17.4. The molecule has 0 aliphatic carbocycles. The molecule has 154 valence electrons. The fourth-order valence-corrected chi connectivity index (χ4v) is 3.70. The lowest BCUT2D eigenvalue weighted by Crippen LogP contribution is -2.39. The van der Waals surface area contributed by atoms with Crippen molar-refractivity contribution in [2.75, 3.05) is 48.0 Å². The van der Waals surface area contributed by atoms with Gasteiger partial charge in [-0.15, -0.1) is 0 Å². The van der Waals surface area contributed by atoms with Crippen LogP contribution >= 0.6 is 0 Å². The Bertz CT molecular complexity index is 855. The number of amides is 2. The highest BCUT2D eigenvalue weighted by molar-refractivity contribution is 5.97. The lowest BCUT2D eigenvalue weighted by Gasteiger charge is -2.33. The first-order valence-corrected chi connectivity index (χ1v) is 10.0. The number of carbonyl (C=O) groups is 2. The summed E-state index contributed by atoms with van der Waals surface area (Å²) in [5.74, 6) is -0.185. The lowest BCUT2D eigenvalue weighted by atomic mass is 10.1.